The molecule has 0 aromatic rings. The van der Waals surface area contributed by atoms with Crippen LogP contribution in [0.3, 0.4) is 0 Å². The van der Waals surface area contributed by atoms with Crippen LogP contribution in [-0.2, 0) is 0 Å². The fraction of sp³-hybridized carbons (Fsp3) is 0.250. The van der Waals surface area contributed by atoms with Gasteiger partial charge in [0.05, 0.1) is 0 Å². The Balaban J connectivity index is 4.16. The molecule has 0 heterocycles. The summed E-state index contributed by atoms with van der Waals surface area (Å²) in [7, 11) is 0. The van der Waals surface area contributed by atoms with E-state index in [1.807, 2.05) is 19.9 Å². The lowest BCUT2D eigenvalue weighted by Gasteiger charge is -1.91. The van der Waals surface area contributed by atoms with Crippen LogP contribution in [-0.4, -0.2) is 0 Å². The second kappa shape index (κ2) is 4.59. The Labute approximate surface area is 71.8 Å². The van der Waals surface area contributed by atoms with E-state index in [9.17, 15) is 0 Å². The highest BCUT2D eigenvalue weighted by Crippen LogP contribution is 2.10. The minimum atomic E-state index is 0.511. The number of hydrogen-bond acceptors (Lipinski definition) is 0. The fourth-order valence-electron chi connectivity index (χ4n) is 0.330. The molecule has 0 aliphatic carbocycles. The van der Waals surface area contributed by atoms with Crippen LogP contribution >= 0.6 is 23.2 Å². The van der Waals surface area contributed by atoms with Gasteiger partial charge in [-0.15, -0.1) is 0 Å². The normalized spacial score (nSPS) is 13.6. The zero-order valence-electron chi connectivity index (χ0n) is 6.12. The Morgan fingerprint density at radius 1 is 1.20 bits per heavy atom. The van der Waals surface area contributed by atoms with Gasteiger partial charge in [-0.05, 0) is 25.5 Å². The van der Waals surface area contributed by atoms with Gasteiger partial charge in [0.15, 0.2) is 0 Å². The highest BCUT2D eigenvalue weighted by atomic mass is 35.5. The van der Waals surface area contributed by atoms with Crippen molar-refractivity contribution in [3.8, 4) is 0 Å². The summed E-state index contributed by atoms with van der Waals surface area (Å²) >= 11 is 11.1. The average Bonchev–Trinajstić information content (AvgIpc) is 1.82. The molecule has 0 nitrogen and oxygen atoms in total. The van der Waals surface area contributed by atoms with E-state index in [-0.39, 0.29) is 0 Å². The first-order valence-electron chi connectivity index (χ1n) is 2.89. The summed E-state index contributed by atoms with van der Waals surface area (Å²) in [6.07, 6.45) is 3.54. The molecule has 0 bridgehead atoms. The quantitative estimate of drug-likeness (QED) is 0.562. The van der Waals surface area contributed by atoms with Crippen LogP contribution in [0.5, 0.6) is 0 Å². The molecule has 56 valence electrons. The lowest BCUT2D eigenvalue weighted by atomic mass is 10.2. The van der Waals surface area contributed by atoms with E-state index >= 15 is 0 Å². The summed E-state index contributed by atoms with van der Waals surface area (Å²) in [5.41, 5.74) is 1.00. The summed E-state index contributed by atoms with van der Waals surface area (Å²) in [4.78, 5) is 0. The van der Waals surface area contributed by atoms with E-state index in [0.29, 0.717) is 5.03 Å². The van der Waals surface area contributed by atoms with Crippen LogP contribution in [0.1, 0.15) is 13.8 Å². The van der Waals surface area contributed by atoms with Crippen molar-refractivity contribution in [2.75, 3.05) is 0 Å². The van der Waals surface area contributed by atoms with Crippen molar-refractivity contribution in [2.24, 2.45) is 0 Å². The predicted molar refractivity (Wildman–Crippen MR) is 48.4 cm³/mol. The Bertz CT molecular complexity index is 183. The lowest BCUT2D eigenvalue weighted by Crippen LogP contribution is -1.69. The van der Waals surface area contributed by atoms with Gasteiger partial charge in [0.2, 0.25) is 0 Å². The minimum absolute atomic E-state index is 0.511. The van der Waals surface area contributed by atoms with E-state index < -0.39 is 0 Å². The summed E-state index contributed by atoms with van der Waals surface area (Å²) in [6.45, 7) is 7.25. The maximum absolute atomic E-state index is 5.67. The first-order chi connectivity index (χ1) is 4.54. The molecule has 10 heavy (non-hydrogen) atoms. The standard InChI is InChI=1S/C8H10Cl2/c1-6(8(3)10)4-5-7(2)9/h4-5H,2H2,1,3H3/b5-4-,8-6+. The third kappa shape index (κ3) is 4.66. The maximum Gasteiger partial charge on any atom is 0.0334 e. The highest BCUT2D eigenvalue weighted by Gasteiger charge is 1.86. The maximum atomic E-state index is 5.67. The molecule has 0 amide bonds. The van der Waals surface area contributed by atoms with Crippen LogP contribution in [0.2, 0.25) is 0 Å². The first-order valence-corrected chi connectivity index (χ1v) is 3.65. The van der Waals surface area contributed by atoms with E-state index in [2.05, 4.69) is 6.58 Å². The number of hydrogen-bond donors (Lipinski definition) is 0. The second-order valence-electron chi connectivity index (χ2n) is 2.00. The molecule has 2 heteroatoms. The summed E-state index contributed by atoms with van der Waals surface area (Å²) in [6, 6.07) is 0. The zero-order valence-corrected chi connectivity index (χ0v) is 7.63. The van der Waals surface area contributed by atoms with Crippen LogP contribution in [0.15, 0.2) is 34.4 Å². The van der Waals surface area contributed by atoms with Crippen molar-refractivity contribution in [1.29, 1.82) is 0 Å². The molecule has 0 unspecified atom stereocenters. The molecule has 0 aromatic heterocycles. The minimum Gasteiger partial charge on any atom is -0.0892 e. The third-order valence-corrected chi connectivity index (χ3v) is 1.48. The van der Waals surface area contributed by atoms with Gasteiger partial charge in [0, 0.05) is 10.1 Å². The van der Waals surface area contributed by atoms with Crippen LogP contribution in [0.4, 0.5) is 0 Å². The molecule has 0 radical (unpaired) electrons. The van der Waals surface area contributed by atoms with Crippen molar-refractivity contribution in [3.05, 3.63) is 34.4 Å². The molecule has 0 aromatic carbocycles. The monoisotopic (exact) mass is 176 g/mol. The SMILES string of the molecule is C=C(Cl)/C=C\C(C)=C(/C)Cl. The van der Waals surface area contributed by atoms with Crippen molar-refractivity contribution in [3.63, 3.8) is 0 Å². The van der Waals surface area contributed by atoms with Gasteiger partial charge in [-0.3, -0.25) is 0 Å². The molecular formula is C8H10Cl2. The lowest BCUT2D eigenvalue weighted by molar-refractivity contribution is 1.44. The van der Waals surface area contributed by atoms with E-state index in [1.165, 1.54) is 0 Å². The Kier molecular flexibility index (Phi) is 4.50. The van der Waals surface area contributed by atoms with Gasteiger partial charge < -0.3 is 0 Å². The molecule has 0 saturated heterocycles. The molecular weight excluding hydrogens is 167 g/mol. The number of halogens is 2. The Morgan fingerprint density at radius 3 is 2.00 bits per heavy atom. The predicted octanol–water partition coefficient (Wildman–Crippen LogP) is 3.83. The largest absolute Gasteiger partial charge is 0.0892 e. The molecule has 0 atom stereocenters. The average molecular weight is 177 g/mol. The number of allylic oxidation sites excluding steroid dienone is 5. The van der Waals surface area contributed by atoms with E-state index in [0.717, 1.165) is 10.6 Å². The van der Waals surface area contributed by atoms with E-state index in [1.54, 1.807) is 6.08 Å². The topological polar surface area (TPSA) is 0 Å². The fourth-order valence-corrected chi connectivity index (χ4v) is 0.456. The summed E-state index contributed by atoms with van der Waals surface area (Å²) < 4.78 is 0. The molecule has 0 saturated carbocycles. The van der Waals surface area contributed by atoms with Gasteiger partial charge in [-0.25, -0.2) is 0 Å². The van der Waals surface area contributed by atoms with Crippen LogP contribution in [0, 0.1) is 0 Å². The smallest absolute Gasteiger partial charge is 0.0334 e. The van der Waals surface area contributed by atoms with Crippen LogP contribution in [0.25, 0.3) is 0 Å². The van der Waals surface area contributed by atoms with Crippen molar-refractivity contribution in [2.45, 2.75) is 13.8 Å². The number of rotatable bonds is 2. The first kappa shape index (κ1) is 9.80. The molecule has 0 aliphatic heterocycles. The van der Waals surface area contributed by atoms with Gasteiger partial charge in [-0.1, -0.05) is 35.9 Å². The van der Waals surface area contributed by atoms with Gasteiger partial charge in [-0.2, -0.15) is 0 Å². The van der Waals surface area contributed by atoms with Gasteiger partial charge in [0.25, 0.3) is 0 Å². The Hall–Kier alpha value is -0.200. The van der Waals surface area contributed by atoms with Crippen molar-refractivity contribution < 1.29 is 0 Å². The highest BCUT2D eigenvalue weighted by molar-refractivity contribution is 6.31. The Morgan fingerprint density at radius 2 is 1.70 bits per heavy atom. The molecule has 0 N–H and O–H groups in total. The molecule has 0 fully saturated rings. The summed E-state index contributed by atoms with van der Waals surface area (Å²) in [5, 5.41) is 1.28. The van der Waals surface area contributed by atoms with Crippen molar-refractivity contribution in [1.82, 2.24) is 0 Å². The van der Waals surface area contributed by atoms with E-state index in [4.69, 9.17) is 23.2 Å². The third-order valence-electron chi connectivity index (χ3n) is 1.06. The molecule has 0 aliphatic rings. The summed E-state index contributed by atoms with van der Waals surface area (Å²) in [5.74, 6) is 0. The van der Waals surface area contributed by atoms with Gasteiger partial charge in [0.1, 0.15) is 0 Å². The molecule has 0 spiro atoms. The van der Waals surface area contributed by atoms with Gasteiger partial charge >= 0.3 is 0 Å². The zero-order chi connectivity index (χ0) is 8.15. The van der Waals surface area contributed by atoms with Crippen LogP contribution < -0.4 is 0 Å². The van der Waals surface area contributed by atoms with Crippen molar-refractivity contribution >= 4 is 23.2 Å². The second-order valence-corrected chi connectivity index (χ2v) is 3.05. The molecule has 0 rings (SSSR count).